The first-order valence-corrected chi connectivity index (χ1v) is 4.90. The number of hydrogen-bond acceptors (Lipinski definition) is 3. The van der Waals surface area contributed by atoms with Crippen molar-refractivity contribution in [2.45, 2.75) is 12.8 Å². The Morgan fingerprint density at radius 2 is 2.08 bits per heavy atom. The summed E-state index contributed by atoms with van der Waals surface area (Å²) in [6, 6.07) is 0. The molecule has 0 aromatic carbocycles. The first-order valence-electron chi connectivity index (χ1n) is 4.90. The van der Waals surface area contributed by atoms with Crippen molar-refractivity contribution in [1.82, 2.24) is 9.80 Å². The molecule has 1 heterocycles. The monoisotopic (exact) mass is 185 g/mol. The summed E-state index contributed by atoms with van der Waals surface area (Å²) in [5.74, 6) is 0.206. The third kappa shape index (κ3) is 3.32. The zero-order chi connectivity index (χ0) is 9.68. The summed E-state index contributed by atoms with van der Waals surface area (Å²) in [5.41, 5.74) is 5.34. The molecular formula is C9H19N3O. The van der Waals surface area contributed by atoms with Crippen molar-refractivity contribution in [3.05, 3.63) is 0 Å². The number of carbonyl (C=O) groups excluding carboxylic acids is 1. The lowest BCUT2D eigenvalue weighted by atomic mass is 10.3. The van der Waals surface area contributed by atoms with Gasteiger partial charge in [-0.2, -0.15) is 0 Å². The molecule has 13 heavy (non-hydrogen) atoms. The van der Waals surface area contributed by atoms with Gasteiger partial charge in [-0.05, 0) is 20.0 Å². The van der Waals surface area contributed by atoms with E-state index in [-0.39, 0.29) is 5.91 Å². The molecule has 1 aliphatic rings. The minimum absolute atomic E-state index is 0.206. The zero-order valence-electron chi connectivity index (χ0n) is 8.33. The Morgan fingerprint density at radius 3 is 2.77 bits per heavy atom. The molecule has 4 heteroatoms. The van der Waals surface area contributed by atoms with Gasteiger partial charge in [0, 0.05) is 32.6 Å². The lowest BCUT2D eigenvalue weighted by molar-refractivity contribution is -0.130. The highest BCUT2D eigenvalue weighted by atomic mass is 16.2. The average Bonchev–Trinajstić information content (AvgIpc) is 2.30. The van der Waals surface area contributed by atoms with Crippen LogP contribution in [0.3, 0.4) is 0 Å². The number of hydrogen-bond donors (Lipinski definition) is 1. The van der Waals surface area contributed by atoms with Gasteiger partial charge in [-0.15, -0.1) is 0 Å². The zero-order valence-corrected chi connectivity index (χ0v) is 8.33. The van der Waals surface area contributed by atoms with Crippen molar-refractivity contribution in [3.8, 4) is 0 Å². The van der Waals surface area contributed by atoms with Crippen molar-refractivity contribution in [2.24, 2.45) is 5.73 Å². The molecule has 0 saturated carbocycles. The Labute approximate surface area is 79.7 Å². The van der Waals surface area contributed by atoms with Gasteiger partial charge in [0.2, 0.25) is 5.91 Å². The first kappa shape index (κ1) is 10.5. The summed E-state index contributed by atoms with van der Waals surface area (Å²) in [4.78, 5) is 15.7. The lowest BCUT2D eigenvalue weighted by Crippen LogP contribution is -2.35. The van der Waals surface area contributed by atoms with Crippen molar-refractivity contribution in [2.75, 3.05) is 39.8 Å². The predicted molar refractivity (Wildman–Crippen MR) is 52.4 cm³/mol. The van der Waals surface area contributed by atoms with Crippen molar-refractivity contribution in [1.29, 1.82) is 0 Å². The van der Waals surface area contributed by atoms with Gasteiger partial charge < -0.3 is 15.5 Å². The molecule has 1 rings (SSSR count). The number of likely N-dealkylation sites (N-methyl/N-ethyl adjacent to an activating group) is 1. The molecule has 1 saturated heterocycles. The predicted octanol–water partition coefficient (Wildman–Crippen LogP) is -0.501. The normalized spacial score (nSPS) is 20.0. The largest absolute Gasteiger partial charge is 0.341 e. The fourth-order valence-electron chi connectivity index (χ4n) is 1.58. The Bertz CT molecular complexity index is 172. The van der Waals surface area contributed by atoms with Gasteiger partial charge in [0.25, 0.3) is 0 Å². The fourth-order valence-corrected chi connectivity index (χ4v) is 1.58. The van der Waals surface area contributed by atoms with E-state index in [0.29, 0.717) is 13.0 Å². The van der Waals surface area contributed by atoms with Gasteiger partial charge in [-0.25, -0.2) is 0 Å². The molecule has 0 bridgehead atoms. The highest BCUT2D eigenvalue weighted by Crippen LogP contribution is 2.02. The van der Waals surface area contributed by atoms with E-state index in [9.17, 15) is 4.79 Å². The quantitative estimate of drug-likeness (QED) is 0.631. The van der Waals surface area contributed by atoms with Gasteiger partial charge in [-0.1, -0.05) is 0 Å². The van der Waals surface area contributed by atoms with Crippen LogP contribution in [0.5, 0.6) is 0 Å². The van der Waals surface area contributed by atoms with Crippen LogP contribution in [0.25, 0.3) is 0 Å². The molecule has 4 nitrogen and oxygen atoms in total. The van der Waals surface area contributed by atoms with E-state index >= 15 is 0 Å². The molecule has 0 atom stereocenters. The molecule has 1 fully saturated rings. The average molecular weight is 185 g/mol. The molecule has 0 aliphatic carbocycles. The molecule has 0 radical (unpaired) electrons. The van der Waals surface area contributed by atoms with Gasteiger partial charge >= 0.3 is 0 Å². The van der Waals surface area contributed by atoms with Gasteiger partial charge in [0.05, 0.1) is 0 Å². The maximum absolute atomic E-state index is 11.5. The van der Waals surface area contributed by atoms with Crippen LogP contribution in [-0.2, 0) is 4.79 Å². The second kappa shape index (κ2) is 5.19. The van der Waals surface area contributed by atoms with Crippen LogP contribution in [0.4, 0.5) is 0 Å². The molecule has 0 aromatic rings. The van der Waals surface area contributed by atoms with Gasteiger partial charge in [0.1, 0.15) is 0 Å². The smallest absolute Gasteiger partial charge is 0.223 e. The molecule has 1 amide bonds. The van der Waals surface area contributed by atoms with Crippen molar-refractivity contribution < 1.29 is 4.79 Å². The number of nitrogens with two attached hydrogens (primary N) is 1. The molecule has 0 unspecified atom stereocenters. The van der Waals surface area contributed by atoms with E-state index in [1.165, 1.54) is 0 Å². The standard InChI is InChI=1S/C9H19N3O/c1-11-5-2-6-12(8-7-11)9(13)3-4-10/h2-8,10H2,1H3. The van der Waals surface area contributed by atoms with E-state index in [1.54, 1.807) is 0 Å². The maximum Gasteiger partial charge on any atom is 0.223 e. The summed E-state index contributed by atoms with van der Waals surface area (Å²) in [6.45, 7) is 4.28. The number of amides is 1. The molecule has 1 aliphatic heterocycles. The fraction of sp³-hybridized carbons (Fsp3) is 0.889. The van der Waals surface area contributed by atoms with Crippen LogP contribution in [0, 0.1) is 0 Å². The highest BCUT2D eigenvalue weighted by molar-refractivity contribution is 5.76. The third-order valence-corrected chi connectivity index (χ3v) is 2.43. The number of nitrogens with zero attached hydrogens (tertiary/aromatic N) is 2. The minimum atomic E-state index is 0.206. The SMILES string of the molecule is CN1CCCN(C(=O)CCN)CC1. The van der Waals surface area contributed by atoms with E-state index in [4.69, 9.17) is 5.73 Å². The van der Waals surface area contributed by atoms with Crippen LogP contribution in [0.15, 0.2) is 0 Å². The Morgan fingerprint density at radius 1 is 1.31 bits per heavy atom. The summed E-state index contributed by atoms with van der Waals surface area (Å²) in [6.07, 6.45) is 1.57. The number of rotatable bonds is 2. The second-order valence-electron chi connectivity index (χ2n) is 3.58. The van der Waals surface area contributed by atoms with E-state index in [1.807, 2.05) is 4.90 Å². The minimum Gasteiger partial charge on any atom is -0.341 e. The summed E-state index contributed by atoms with van der Waals surface area (Å²) in [5, 5.41) is 0. The summed E-state index contributed by atoms with van der Waals surface area (Å²) in [7, 11) is 2.09. The molecule has 0 spiro atoms. The van der Waals surface area contributed by atoms with Gasteiger partial charge in [0.15, 0.2) is 0 Å². The number of carbonyl (C=O) groups is 1. The topological polar surface area (TPSA) is 49.6 Å². The molecule has 2 N–H and O–H groups in total. The van der Waals surface area contributed by atoms with E-state index in [0.717, 1.165) is 32.6 Å². The maximum atomic E-state index is 11.5. The van der Waals surface area contributed by atoms with E-state index < -0.39 is 0 Å². The first-order chi connectivity index (χ1) is 6.24. The highest BCUT2D eigenvalue weighted by Gasteiger charge is 2.15. The van der Waals surface area contributed by atoms with Crippen molar-refractivity contribution >= 4 is 5.91 Å². The Hall–Kier alpha value is -0.610. The molecule has 0 aromatic heterocycles. The van der Waals surface area contributed by atoms with Crippen LogP contribution in [0.2, 0.25) is 0 Å². The van der Waals surface area contributed by atoms with Crippen LogP contribution in [-0.4, -0.2) is 55.5 Å². The van der Waals surface area contributed by atoms with Crippen LogP contribution < -0.4 is 5.73 Å². The molecular weight excluding hydrogens is 166 g/mol. The Kier molecular flexibility index (Phi) is 4.18. The third-order valence-electron chi connectivity index (χ3n) is 2.43. The second-order valence-corrected chi connectivity index (χ2v) is 3.58. The summed E-state index contributed by atoms with van der Waals surface area (Å²) < 4.78 is 0. The van der Waals surface area contributed by atoms with Crippen LogP contribution in [0.1, 0.15) is 12.8 Å². The van der Waals surface area contributed by atoms with Crippen LogP contribution >= 0.6 is 0 Å². The molecule has 76 valence electrons. The lowest BCUT2D eigenvalue weighted by Gasteiger charge is -2.20. The van der Waals surface area contributed by atoms with Gasteiger partial charge in [-0.3, -0.25) is 4.79 Å². The Balaban J connectivity index is 2.37. The van der Waals surface area contributed by atoms with E-state index in [2.05, 4.69) is 11.9 Å². The summed E-state index contributed by atoms with van der Waals surface area (Å²) >= 11 is 0. The van der Waals surface area contributed by atoms with Crippen molar-refractivity contribution in [3.63, 3.8) is 0 Å².